The number of aromatic amines is 1. The van der Waals surface area contributed by atoms with E-state index in [2.05, 4.69) is 40.5 Å². The molecule has 1 aromatic carbocycles. The van der Waals surface area contributed by atoms with Crippen LogP contribution in [0.25, 0.3) is 16.8 Å². The Morgan fingerprint density at radius 2 is 1.84 bits per heavy atom. The van der Waals surface area contributed by atoms with Crippen molar-refractivity contribution in [3.63, 3.8) is 0 Å². The van der Waals surface area contributed by atoms with Crippen LogP contribution < -0.4 is 9.64 Å². The number of pyridine rings is 1. The van der Waals surface area contributed by atoms with Gasteiger partial charge in [-0.25, -0.2) is 15.0 Å². The van der Waals surface area contributed by atoms with Crippen LogP contribution in [-0.2, 0) is 6.42 Å². The first-order valence-electron chi connectivity index (χ1n) is 12.4. The van der Waals surface area contributed by atoms with E-state index in [1.54, 1.807) is 18.2 Å². The van der Waals surface area contributed by atoms with Gasteiger partial charge in [-0.3, -0.25) is 0 Å². The number of aromatic nitrogens is 8. The van der Waals surface area contributed by atoms with Crippen LogP contribution in [0.2, 0.25) is 0 Å². The summed E-state index contributed by atoms with van der Waals surface area (Å²) in [5.41, 5.74) is 4.96. The van der Waals surface area contributed by atoms with Gasteiger partial charge in [-0.15, -0.1) is 10.2 Å². The predicted octanol–water partition coefficient (Wildman–Crippen LogP) is 4.19. The van der Waals surface area contributed by atoms with E-state index in [1.807, 2.05) is 48.1 Å². The summed E-state index contributed by atoms with van der Waals surface area (Å²) in [5, 5.41) is 14.4. The van der Waals surface area contributed by atoms with Gasteiger partial charge in [0.05, 0.1) is 5.69 Å². The number of alkyl halides is 2. The molecular formula is C26H25F2N9O. The molecule has 12 heteroatoms. The Balaban J connectivity index is 1.22. The molecule has 194 valence electrons. The van der Waals surface area contributed by atoms with Crippen LogP contribution in [0.15, 0.2) is 55.0 Å². The average molecular weight is 518 g/mol. The Morgan fingerprint density at radius 3 is 2.58 bits per heavy atom. The van der Waals surface area contributed by atoms with E-state index >= 15 is 0 Å². The average Bonchev–Trinajstić information content (AvgIpc) is 3.58. The van der Waals surface area contributed by atoms with Gasteiger partial charge < -0.3 is 14.0 Å². The monoisotopic (exact) mass is 517 g/mol. The molecule has 5 aromatic rings. The first kappa shape index (κ1) is 23.9. The molecule has 5 heterocycles. The molecule has 10 nitrogen and oxygen atoms in total. The lowest BCUT2D eigenvalue weighted by Crippen LogP contribution is -2.34. The van der Waals surface area contributed by atoms with Gasteiger partial charge in [0.15, 0.2) is 5.82 Å². The highest BCUT2D eigenvalue weighted by Crippen LogP contribution is 2.29. The molecule has 1 saturated heterocycles. The molecule has 38 heavy (non-hydrogen) atoms. The zero-order valence-corrected chi connectivity index (χ0v) is 20.6. The second-order valence-corrected chi connectivity index (χ2v) is 9.26. The summed E-state index contributed by atoms with van der Waals surface area (Å²) < 4.78 is 32.5. The molecule has 0 amide bonds. The topological polar surface area (TPSA) is 110 Å². The van der Waals surface area contributed by atoms with E-state index in [-0.39, 0.29) is 11.7 Å². The van der Waals surface area contributed by atoms with Crippen LogP contribution >= 0.6 is 0 Å². The van der Waals surface area contributed by atoms with Crippen LogP contribution in [0.1, 0.15) is 41.5 Å². The zero-order valence-electron chi connectivity index (χ0n) is 20.6. The Labute approximate surface area is 216 Å². The number of benzene rings is 1. The first-order valence-corrected chi connectivity index (χ1v) is 12.4. The molecule has 0 bridgehead atoms. The molecule has 1 fully saturated rings. The van der Waals surface area contributed by atoms with Crippen LogP contribution in [0, 0.1) is 6.92 Å². The van der Waals surface area contributed by atoms with Gasteiger partial charge in [0.1, 0.15) is 11.4 Å². The van der Waals surface area contributed by atoms with Gasteiger partial charge in [-0.05, 0) is 38.0 Å². The van der Waals surface area contributed by atoms with E-state index in [0.29, 0.717) is 17.9 Å². The highest BCUT2D eigenvalue weighted by molar-refractivity contribution is 5.64. The molecule has 1 aliphatic heterocycles. The number of para-hydroxylation sites is 1. The van der Waals surface area contributed by atoms with Crippen molar-refractivity contribution in [3.8, 4) is 16.9 Å². The predicted molar refractivity (Wildman–Crippen MR) is 135 cm³/mol. The number of anilines is 1. The van der Waals surface area contributed by atoms with Gasteiger partial charge in [-0.2, -0.15) is 14.0 Å². The number of nitrogens with zero attached hydrogens (tertiary/aromatic N) is 8. The minimum Gasteiger partial charge on any atom is -0.435 e. The van der Waals surface area contributed by atoms with E-state index in [0.717, 1.165) is 59.9 Å². The van der Waals surface area contributed by atoms with Gasteiger partial charge in [0, 0.05) is 66.4 Å². The fourth-order valence-electron chi connectivity index (χ4n) is 4.95. The lowest BCUT2D eigenvalue weighted by atomic mass is 9.96. The van der Waals surface area contributed by atoms with Crippen molar-refractivity contribution >= 4 is 11.6 Å². The number of tetrazole rings is 1. The molecule has 1 aliphatic rings. The maximum atomic E-state index is 12.9. The number of nitrogens with one attached hydrogen (secondary N) is 1. The lowest BCUT2D eigenvalue weighted by Gasteiger charge is -2.30. The Kier molecular flexibility index (Phi) is 6.36. The molecule has 0 atom stereocenters. The number of rotatable bonds is 7. The molecular weight excluding hydrogens is 492 g/mol. The molecule has 0 aliphatic carbocycles. The first-order chi connectivity index (χ1) is 18.5. The highest BCUT2D eigenvalue weighted by atomic mass is 19.3. The Morgan fingerprint density at radius 1 is 1.05 bits per heavy atom. The van der Waals surface area contributed by atoms with Crippen molar-refractivity contribution in [1.29, 1.82) is 0 Å². The second kappa shape index (κ2) is 10.1. The van der Waals surface area contributed by atoms with Gasteiger partial charge in [-0.1, -0.05) is 23.4 Å². The van der Waals surface area contributed by atoms with Crippen LogP contribution in [0.4, 0.5) is 14.7 Å². The summed E-state index contributed by atoms with van der Waals surface area (Å²) in [7, 11) is 0. The summed E-state index contributed by atoms with van der Waals surface area (Å²) in [6, 6.07) is 10.7. The SMILES string of the molecule is Cc1nc2ccc(-c3cnc(N4CCC(c5nn[nH]n5)CC4)nc3)cn2c1Cc1ccccc1OC(F)F. The second-order valence-electron chi connectivity index (χ2n) is 9.26. The highest BCUT2D eigenvalue weighted by Gasteiger charge is 2.25. The molecule has 4 aromatic heterocycles. The fraction of sp³-hybridized carbons (Fsp3) is 0.308. The molecule has 0 spiro atoms. The fourth-order valence-corrected chi connectivity index (χ4v) is 4.95. The third-order valence-corrected chi connectivity index (χ3v) is 6.94. The van der Waals surface area contributed by atoms with E-state index in [1.165, 1.54) is 0 Å². The summed E-state index contributed by atoms with van der Waals surface area (Å²) >= 11 is 0. The summed E-state index contributed by atoms with van der Waals surface area (Å²) in [6.45, 7) is 0.668. The normalized spacial score (nSPS) is 14.5. The number of imidazole rings is 1. The maximum absolute atomic E-state index is 12.9. The van der Waals surface area contributed by atoms with Gasteiger partial charge in [0.25, 0.3) is 0 Å². The zero-order chi connectivity index (χ0) is 26.1. The van der Waals surface area contributed by atoms with Crippen molar-refractivity contribution < 1.29 is 13.5 Å². The number of piperidine rings is 1. The number of hydrogen-bond donors (Lipinski definition) is 1. The van der Waals surface area contributed by atoms with E-state index in [9.17, 15) is 8.78 Å². The van der Waals surface area contributed by atoms with E-state index in [4.69, 9.17) is 4.74 Å². The number of aryl methyl sites for hydroxylation is 1. The third-order valence-electron chi connectivity index (χ3n) is 6.94. The van der Waals surface area contributed by atoms with E-state index < -0.39 is 6.61 Å². The largest absolute Gasteiger partial charge is 0.435 e. The molecule has 6 rings (SSSR count). The standard InChI is InChI=1S/C26H25F2N9O/c1-16-21(12-18-4-2-3-5-22(18)38-25(27)28)37-15-19(6-7-23(37)31-16)20-13-29-26(30-14-20)36-10-8-17(9-11-36)24-32-34-35-33-24/h2-7,13-15,17,25H,8-12H2,1H3,(H,32,33,34,35). The number of hydrogen-bond acceptors (Lipinski definition) is 8. The summed E-state index contributed by atoms with van der Waals surface area (Å²) in [5.74, 6) is 1.91. The summed E-state index contributed by atoms with van der Waals surface area (Å²) in [4.78, 5) is 16.1. The molecule has 1 N–H and O–H groups in total. The van der Waals surface area contributed by atoms with Crippen LogP contribution in [0.5, 0.6) is 5.75 Å². The van der Waals surface area contributed by atoms with Crippen LogP contribution in [0.3, 0.4) is 0 Å². The minimum atomic E-state index is -2.88. The Hall–Kier alpha value is -4.48. The lowest BCUT2D eigenvalue weighted by molar-refractivity contribution is -0.0503. The van der Waals surface area contributed by atoms with Crippen molar-refractivity contribution in [2.75, 3.05) is 18.0 Å². The molecule has 0 radical (unpaired) electrons. The maximum Gasteiger partial charge on any atom is 0.387 e. The van der Waals surface area contributed by atoms with Crippen molar-refractivity contribution in [3.05, 3.63) is 77.8 Å². The summed E-state index contributed by atoms with van der Waals surface area (Å²) in [6.07, 6.45) is 7.85. The van der Waals surface area contributed by atoms with Crippen LogP contribution in [-0.4, -0.2) is 59.7 Å². The van der Waals surface area contributed by atoms with Gasteiger partial charge >= 0.3 is 6.61 Å². The van der Waals surface area contributed by atoms with Crippen molar-refractivity contribution in [1.82, 2.24) is 40.0 Å². The number of H-pyrrole nitrogens is 1. The minimum absolute atomic E-state index is 0.165. The smallest absolute Gasteiger partial charge is 0.387 e. The van der Waals surface area contributed by atoms with Gasteiger partial charge in [0.2, 0.25) is 5.95 Å². The number of fused-ring (bicyclic) bond motifs is 1. The molecule has 0 unspecified atom stereocenters. The third kappa shape index (κ3) is 4.76. The van der Waals surface area contributed by atoms with Crippen molar-refractivity contribution in [2.45, 2.75) is 38.7 Å². The quantitative estimate of drug-likeness (QED) is 0.342. The Bertz CT molecular complexity index is 1530. The number of ether oxygens (including phenoxy) is 1. The van der Waals surface area contributed by atoms with Crippen molar-refractivity contribution in [2.24, 2.45) is 0 Å². The number of halogens is 2. The molecule has 0 saturated carbocycles.